The highest BCUT2D eigenvalue weighted by Crippen LogP contribution is 2.35. The Bertz CT molecular complexity index is 333. The fourth-order valence-electron chi connectivity index (χ4n) is 1.89. The molecule has 1 aromatic heterocycles. The fraction of sp³-hybridized carbons (Fsp3) is 0.500. The number of hydrogen-bond donors (Lipinski definition) is 2. The lowest BCUT2D eigenvalue weighted by molar-refractivity contribution is 0.337. The zero-order valence-corrected chi connectivity index (χ0v) is 7.99. The molecule has 0 amide bonds. The minimum absolute atomic E-state index is 0.0289. The first kappa shape index (κ1) is 9.27. The molecule has 76 valence electrons. The second kappa shape index (κ2) is 3.84. The van der Waals surface area contributed by atoms with Gasteiger partial charge in [-0.25, -0.2) is 0 Å². The van der Waals surface area contributed by atoms with Crippen LogP contribution in [0, 0.1) is 0 Å². The molecule has 4 heteroatoms. The van der Waals surface area contributed by atoms with Crippen molar-refractivity contribution in [3.05, 3.63) is 24.0 Å². The molecule has 0 radical (unpaired) electrons. The van der Waals surface area contributed by atoms with Crippen molar-refractivity contribution < 1.29 is 9.63 Å². The standard InChI is InChI=1S/C10H14N2O2/c1-2-6-11-7-4-3-5-8-9(7)10(13)12-14-8/h2,7,11H,1,3-6H2,(H,12,13). The third-order valence-corrected chi connectivity index (χ3v) is 2.54. The van der Waals surface area contributed by atoms with E-state index in [4.69, 9.17) is 4.52 Å². The van der Waals surface area contributed by atoms with Crippen LogP contribution >= 0.6 is 0 Å². The van der Waals surface area contributed by atoms with Crippen molar-refractivity contribution >= 4 is 0 Å². The average Bonchev–Trinajstić information content (AvgIpc) is 2.58. The lowest BCUT2D eigenvalue weighted by Gasteiger charge is -2.21. The molecule has 0 fully saturated rings. The van der Waals surface area contributed by atoms with Crippen molar-refractivity contribution in [3.8, 4) is 5.88 Å². The quantitative estimate of drug-likeness (QED) is 0.716. The van der Waals surface area contributed by atoms with Gasteiger partial charge in [0.15, 0.2) is 0 Å². The van der Waals surface area contributed by atoms with E-state index in [0.717, 1.165) is 37.1 Å². The maximum absolute atomic E-state index is 9.50. The Hall–Kier alpha value is -1.29. The van der Waals surface area contributed by atoms with Crippen LogP contribution in [0.4, 0.5) is 0 Å². The maximum Gasteiger partial charge on any atom is 0.256 e. The number of aryl methyl sites for hydroxylation is 1. The second-order valence-corrected chi connectivity index (χ2v) is 3.48. The molecular weight excluding hydrogens is 180 g/mol. The highest BCUT2D eigenvalue weighted by molar-refractivity contribution is 5.32. The van der Waals surface area contributed by atoms with Gasteiger partial charge in [0.2, 0.25) is 0 Å². The van der Waals surface area contributed by atoms with Crippen LogP contribution in [0.3, 0.4) is 0 Å². The number of nitrogens with one attached hydrogen (secondary N) is 1. The summed E-state index contributed by atoms with van der Waals surface area (Å²) >= 11 is 0. The summed E-state index contributed by atoms with van der Waals surface area (Å²) in [5.41, 5.74) is 0.832. The van der Waals surface area contributed by atoms with E-state index in [9.17, 15) is 5.11 Å². The molecule has 1 heterocycles. The normalized spacial score (nSPS) is 20.4. The highest BCUT2D eigenvalue weighted by Gasteiger charge is 2.27. The molecule has 0 spiro atoms. The molecule has 2 rings (SSSR count). The van der Waals surface area contributed by atoms with E-state index in [-0.39, 0.29) is 11.9 Å². The van der Waals surface area contributed by atoms with Crippen LogP contribution in [-0.4, -0.2) is 16.8 Å². The van der Waals surface area contributed by atoms with Crippen LogP contribution in [-0.2, 0) is 6.42 Å². The van der Waals surface area contributed by atoms with Crippen molar-refractivity contribution in [1.82, 2.24) is 10.5 Å². The molecule has 1 aliphatic rings. The van der Waals surface area contributed by atoms with Gasteiger partial charge < -0.3 is 14.9 Å². The van der Waals surface area contributed by atoms with Crippen molar-refractivity contribution in [2.24, 2.45) is 0 Å². The Kier molecular flexibility index (Phi) is 2.54. The Morgan fingerprint density at radius 1 is 1.71 bits per heavy atom. The molecule has 0 saturated heterocycles. The van der Waals surface area contributed by atoms with Crippen molar-refractivity contribution in [2.75, 3.05) is 6.54 Å². The van der Waals surface area contributed by atoms with E-state index in [0.29, 0.717) is 0 Å². The van der Waals surface area contributed by atoms with E-state index >= 15 is 0 Å². The largest absolute Gasteiger partial charge is 0.491 e. The first-order chi connectivity index (χ1) is 6.83. The molecule has 1 aliphatic carbocycles. The topological polar surface area (TPSA) is 58.3 Å². The van der Waals surface area contributed by atoms with Gasteiger partial charge in [-0.1, -0.05) is 6.08 Å². The van der Waals surface area contributed by atoms with Gasteiger partial charge in [0.1, 0.15) is 5.76 Å². The number of fused-ring (bicyclic) bond motifs is 1. The molecule has 0 aliphatic heterocycles. The van der Waals surface area contributed by atoms with Crippen LogP contribution in [0.5, 0.6) is 5.88 Å². The minimum Gasteiger partial charge on any atom is -0.491 e. The van der Waals surface area contributed by atoms with Crippen LogP contribution in [0.25, 0.3) is 0 Å². The molecule has 0 saturated carbocycles. The maximum atomic E-state index is 9.50. The van der Waals surface area contributed by atoms with E-state index in [1.54, 1.807) is 6.08 Å². The lowest BCUT2D eigenvalue weighted by atomic mass is 9.93. The third kappa shape index (κ3) is 1.53. The highest BCUT2D eigenvalue weighted by atomic mass is 16.5. The Morgan fingerprint density at radius 3 is 3.36 bits per heavy atom. The minimum atomic E-state index is 0.0289. The molecule has 0 aromatic carbocycles. The van der Waals surface area contributed by atoms with Gasteiger partial charge in [-0.3, -0.25) is 0 Å². The molecule has 1 aromatic rings. The number of aromatic nitrogens is 1. The molecule has 4 nitrogen and oxygen atoms in total. The van der Waals surface area contributed by atoms with Gasteiger partial charge in [-0.2, -0.15) is 0 Å². The third-order valence-electron chi connectivity index (χ3n) is 2.54. The van der Waals surface area contributed by atoms with Crippen LogP contribution in [0.1, 0.15) is 30.2 Å². The Morgan fingerprint density at radius 2 is 2.57 bits per heavy atom. The van der Waals surface area contributed by atoms with E-state index in [2.05, 4.69) is 17.1 Å². The number of hydrogen-bond acceptors (Lipinski definition) is 4. The Balaban J connectivity index is 2.20. The molecule has 0 bridgehead atoms. The van der Waals surface area contributed by atoms with E-state index in [1.807, 2.05) is 0 Å². The van der Waals surface area contributed by atoms with Crippen LogP contribution < -0.4 is 5.32 Å². The van der Waals surface area contributed by atoms with Crippen LogP contribution in [0.2, 0.25) is 0 Å². The van der Waals surface area contributed by atoms with Crippen molar-refractivity contribution in [3.63, 3.8) is 0 Å². The van der Waals surface area contributed by atoms with Gasteiger partial charge in [0, 0.05) is 19.0 Å². The zero-order chi connectivity index (χ0) is 9.97. The summed E-state index contributed by atoms with van der Waals surface area (Å²) in [6.07, 6.45) is 4.75. The monoisotopic (exact) mass is 194 g/mol. The molecule has 1 unspecified atom stereocenters. The molecular formula is C10H14N2O2. The van der Waals surface area contributed by atoms with Gasteiger partial charge >= 0.3 is 0 Å². The first-order valence-corrected chi connectivity index (χ1v) is 4.84. The van der Waals surface area contributed by atoms with Crippen LogP contribution in [0.15, 0.2) is 17.2 Å². The predicted molar refractivity (Wildman–Crippen MR) is 52.0 cm³/mol. The summed E-state index contributed by atoms with van der Waals surface area (Å²) in [7, 11) is 0. The SMILES string of the molecule is C=CCNC1CCCc2onc(O)c21. The molecule has 14 heavy (non-hydrogen) atoms. The lowest BCUT2D eigenvalue weighted by Crippen LogP contribution is -2.24. The van der Waals surface area contributed by atoms with Gasteiger partial charge in [-0.15, -0.1) is 6.58 Å². The first-order valence-electron chi connectivity index (χ1n) is 4.84. The van der Waals surface area contributed by atoms with E-state index < -0.39 is 0 Å². The summed E-state index contributed by atoms with van der Waals surface area (Å²) in [6, 6.07) is 0.156. The Labute approximate surface area is 82.6 Å². The summed E-state index contributed by atoms with van der Waals surface area (Å²) in [5, 5.41) is 16.3. The molecule has 2 N–H and O–H groups in total. The number of nitrogens with zero attached hydrogens (tertiary/aromatic N) is 1. The van der Waals surface area contributed by atoms with Gasteiger partial charge in [-0.05, 0) is 18.0 Å². The summed E-state index contributed by atoms with van der Waals surface area (Å²) < 4.78 is 5.03. The molecule has 1 atom stereocenters. The zero-order valence-electron chi connectivity index (χ0n) is 7.99. The smallest absolute Gasteiger partial charge is 0.256 e. The summed E-state index contributed by atoms with van der Waals surface area (Å²) in [4.78, 5) is 0. The number of rotatable bonds is 3. The van der Waals surface area contributed by atoms with Crippen molar-refractivity contribution in [1.29, 1.82) is 0 Å². The van der Waals surface area contributed by atoms with Gasteiger partial charge in [0.05, 0.1) is 5.56 Å². The average molecular weight is 194 g/mol. The van der Waals surface area contributed by atoms with Crippen molar-refractivity contribution in [2.45, 2.75) is 25.3 Å². The fourth-order valence-corrected chi connectivity index (χ4v) is 1.89. The summed E-state index contributed by atoms with van der Waals surface area (Å²) in [6.45, 7) is 4.38. The van der Waals surface area contributed by atoms with Gasteiger partial charge in [0.25, 0.3) is 5.88 Å². The predicted octanol–water partition coefficient (Wildman–Crippen LogP) is 1.53. The van der Waals surface area contributed by atoms with E-state index in [1.165, 1.54) is 0 Å². The second-order valence-electron chi connectivity index (χ2n) is 3.48. The number of aromatic hydroxyl groups is 1. The summed E-state index contributed by atoms with van der Waals surface area (Å²) in [5.74, 6) is 0.844.